The van der Waals surface area contributed by atoms with Gasteiger partial charge in [0.15, 0.2) is 9.84 Å². The van der Waals surface area contributed by atoms with Crippen molar-refractivity contribution in [3.05, 3.63) is 10.6 Å². The number of sulfone groups is 1. The number of carboxylic acids is 1. The normalized spacial score (nSPS) is 31.9. The average molecular weight is 571 g/mol. The van der Waals surface area contributed by atoms with E-state index >= 15 is 0 Å². The Morgan fingerprint density at radius 1 is 1.29 bits per heavy atom. The van der Waals surface area contributed by atoms with Gasteiger partial charge in [-0.1, -0.05) is 13.8 Å². The maximum absolute atomic E-state index is 13.2. The predicted molar refractivity (Wildman–Crippen MR) is 143 cm³/mol. The number of nitrogens with zero attached hydrogens (tertiary/aromatic N) is 2. The van der Waals surface area contributed by atoms with E-state index in [9.17, 15) is 32.7 Å². The van der Waals surface area contributed by atoms with Crippen LogP contribution >= 0.6 is 11.8 Å². The molecular weight excluding hydrogens is 532 g/mol. The number of fused-ring (bicyclic) bond motifs is 1. The highest BCUT2D eigenvalue weighted by Crippen LogP contribution is 2.53. The third-order valence-corrected chi connectivity index (χ3v) is 11.6. The molecule has 4 aliphatic heterocycles. The van der Waals surface area contributed by atoms with Crippen LogP contribution in [0, 0.1) is 23.7 Å². The number of Topliss-reactive ketones (excluding diaryl/α,β-unsaturated/α-hetero) is 1. The molecule has 4 heterocycles. The maximum atomic E-state index is 13.2. The fourth-order valence-electron chi connectivity index (χ4n) is 6.52. The minimum absolute atomic E-state index is 0.00432. The summed E-state index contributed by atoms with van der Waals surface area (Å²) in [5, 5.41) is 13.2. The molecule has 11 nitrogen and oxygen atoms in total. The lowest BCUT2D eigenvalue weighted by Gasteiger charge is -2.47. The zero-order valence-electron chi connectivity index (χ0n) is 22.1. The Kier molecular flexibility index (Phi) is 8.61. The Morgan fingerprint density at radius 2 is 2.00 bits per heavy atom. The molecule has 0 aliphatic carbocycles. The van der Waals surface area contributed by atoms with Gasteiger partial charge in [-0.3, -0.25) is 9.59 Å². The lowest BCUT2D eigenvalue weighted by atomic mass is 9.73. The van der Waals surface area contributed by atoms with Gasteiger partial charge in [0.05, 0.1) is 29.5 Å². The van der Waals surface area contributed by atoms with E-state index in [0.717, 1.165) is 0 Å². The molecule has 4 aliphatic rings. The van der Waals surface area contributed by atoms with Gasteiger partial charge in [0.2, 0.25) is 11.8 Å². The van der Waals surface area contributed by atoms with Gasteiger partial charge in [0.25, 0.3) is 0 Å². The van der Waals surface area contributed by atoms with E-state index in [0.29, 0.717) is 37.4 Å². The number of nitrogens with two attached hydrogens (primary N) is 1. The zero-order chi connectivity index (χ0) is 27.9. The molecule has 0 spiro atoms. The zero-order valence-corrected chi connectivity index (χ0v) is 23.7. The molecule has 7 atom stereocenters. The number of carbonyl (C=O) groups excluding carboxylic acids is 3. The number of carboxylic acid groups (broad SMARTS) is 1. The number of aliphatic carboxylic acids is 1. The smallest absolute Gasteiger partial charge is 0.353 e. The number of rotatable bonds is 11. The van der Waals surface area contributed by atoms with Crippen molar-refractivity contribution in [3.8, 4) is 0 Å². The molecule has 4 rings (SSSR count). The molecule has 2 amide bonds. The van der Waals surface area contributed by atoms with Crippen molar-refractivity contribution in [2.75, 3.05) is 37.7 Å². The van der Waals surface area contributed by atoms with Crippen molar-refractivity contribution in [2.24, 2.45) is 29.4 Å². The fourth-order valence-corrected chi connectivity index (χ4v) is 9.51. The van der Waals surface area contributed by atoms with Crippen LogP contribution < -0.4 is 11.1 Å². The first-order valence-corrected chi connectivity index (χ1v) is 15.9. The van der Waals surface area contributed by atoms with Crippen LogP contribution in [-0.4, -0.2) is 102 Å². The molecule has 0 radical (unpaired) electrons. The minimum Gasteiger partial charge on any atom is -0.477 e. The fraction of sp³-hybridized carbons (Fsp3) is 0.760. The second-order valence-corrected chi connectivity index (χ2v) is 14.8. The SMILES string of the molecule is CC(=O)C[C@H](C)[C@H]1C(=O)N2C(C(=O)O)=C(S[C@@H]3CN[C@H](C(=O)N4CC[C@H](CS(=O)(=O)CCN)C4)C3)[C@H](C)[C@@H]12. The summed E-state index contributed by atoms with van der Waals surface area (Å²) in [6.45, 7) is 6.83. The third-order valence-electron chi connectivity index (χ3n) is 8.21. The van der Waals surface area contributed by atoms with Gasteiger partial charge >= 0.3 is 5.97 Å². The quantitative estimate of drug-likeness (QED) is 0.289. The number of hydrogen-bond acceptors (Lipinski definition) is 9. The van der Waals surface area contributed by atoms with Crippen LogP contribution in [0.2, 0.25) is 0 Å². The van der Waals surface area contributed by atoms with E-state index in [1.165, 1.54) is 23.6 Å². The second-order valence-electron chi connectivity index (χ2n) is 11.2. The van der Waals surface area contributed by atoms with Crippen LogP contribution in [0.25, 0.3) is 0 Å². The van der Waals surface area contributed by atoms with Gasteiger partial charge in [-0.15, -0.1) is 11.8 Å². The lowest BCUT2D eigenvalue weighted by molar-refractivity contribution is -0.160. The summed E-state index contributed by atoms with van der Waals surface area (Å²) in [6, 6.07) is -0.686. The Morgan fingerprint density at radius 3 is 2.63 bits per heavy atom. The summed E-state index contributed by atoms with van der Waals surface area (Å²) < 4.78 is 24.2. The summed E-state index contributed by atoms with van der Waals surface area (Å²) in [4.78, 5) is 53.7. The number of thioether (sulfide) groups is 1. The number of likely N-dealkylation sites (tertiary alicyclic amines) is 1. The molecular formula is C25H38N4O7S2. The van der Waals surface area contributed by atoms with Crippen molar-refractivity contribution in [3.63, 3.8) is 0 Å². The van der Waals surface area contributed by atoms with E-state index in [2.05, 4.69) is 5.32 Å². The van der Waals surface area contributed by atoms with Crippen LogP contribution in [-0.2, 0) is 29.0 Å². The van der Waals surface area contributed by atoms with E-state index in [-0.39, 0.29) is 82.7 Å². The van der Waals surface area contributed by atoms with Crippen LogP contribution in [0.1, 0.15) is 40.0 Å². The van der Waals surface area contributed by atoms with Gasteiger partial charge < -0.3 is 30.8 Å². The van der Waals surface area contributed by atoms with Crippen LogP contribution in [0.15, 0.2) is 10.6 Å². The van der Waals surface area contributed by atoms with Gasteiger partial charge in [0.1, 0.15) is 11.5 Å². The number of nitrogens with one attached hydrogen (secondary N) is 1. The standard InChI is InChI=1S/C25H38N4O7S2/c1-13(8-14(2)30)19-20-15(3)22(21(25(33)34)29(20)24(19)32)37-17-9-18(27-10-17)23(31)28-6-4-16(11-28)12-38(35,36)7-5-26/h13,15-20,27H,4-12,26H2,1-3H3,(H,33,34)/t13-,15+,16-,17-,18-,19+,20-/m0/s1. The number of β-lactam (4-membered cyclic amide) rings is 1. The van der Waals surface area contributed by atoms with Crippen molar-refractivity contribution in [2.45, 2.75) is 57.4 Å². The van der Waals surface area contributed by atoms with Crippen molar-refractivity contribution in [1.29, 1.82) is 0 Å². The predicted octanol–water partition coefficient (Wildman–Crippen LogP) is 0.0602. The van der Waals surface area contributed by atoms with E-state index in [1.54, 1.807) is 4.90 Å². The van der Waals surface area contributed by atoms with Crippen LogP contribution in [0.5, 0.6) is 0 Å². The third kappa shape index (κ3) is 5.66. The van der Waals surface area contributed by atoms with Crippen molar-refractivity contribution >= 4 is 45.2 Å². The Balaban J connectivity index is 1.37. The summed E-state index contributed by atoms with van der Waals surface area (Å²) in [7, 11) is -3.23. The van der Waals surface area contributed by atoms with Crippen molar-refractivity contribution < 1.29 is 32.7 Å². The molecule has 0 aromatic rings. The number of ketones is 1. The highest BCUT2D eigenvalue weighted by molar-refractivity contribution is 8.03. The average Bonchev–Trinajstić information content (AvgIpc) is 3.51. The first-order valence-electron chi connectivity index (χ1n) is 13.2. The van der Waals surface area contributed by atoms with E-state index < -0.39 is 21.8 Å². The molecule has 0 aromatic carbocycles. The molecule has 212 valence electrons. The monoisotopic (exact) mass is 570 g/mol. The lowest BCUT2D eigenvalue weighted by Crippen LogP contribution is -2.62. The number of carbonyl (C=O) groups is 4. The maximum Gasteiger partial charge on any atom is 0.353 e. The van der Waals surface area contributed by atoms with E-state index in [4.69, 9.17) is 5.73 Å². The molecule has 0 aromatic heterocycles. The molecule has 0 bridgehead atoms. The summed E-state index contributed by atoms with van der Waals surface area (Å²) in [5.74, 6) is -2.25. The number of amides is 2. The van der Waals surface area contributed by atoms with Gasteiger partial charge in [-0.05, 0) is 31.6 Å². The van der Waals surface area contributed by atoms with Gasteiger partial charge in [-0.25, -0.2) is 13.2 Å². The Hall–Kier alpha value is -1.96. The molecule has 0 unspecified atom stereocenters. The van der Waals surface area contributed by atoms with Crippen molar-refractivity contribution in [1.82, 2.24) is 15.1 Å². The first kappa shape index (κ1) is 29.0. The Bertz CT molecular complexity index is 1140. The second kappa shape index (κ2) is 11.3. The molecule has 3 fully saturated rings. The summed E-state index contributed by atoms with van der Waals surface area (Å²) in [5.41, 5.74) is 5.42. The molecule has 3 saturated heterocycles. The number of hydrogen-bond donors (Lipinski definition) is 3. The highest BCUT2D eigenvalue weighted by atomic mass is 32.2. The van der Waals surface area contributed by atoms with Crippen LogP contribution in [0.3, 0.4) is 0 Å². The largest absolute Gasteiger partial charge is 0.477 e. The summed E-state index contributed by atoms with van der Waals surface area (Å²) >= 11 is 1.43. The first-order chi connectivity index (χ1) is 17.8. The molecule has 4 N–H and O–H groups in total. The van der Waals surface area contributed by atoms with Crippen LogP contribution in [0.4, 0.5) is 0 Å². The van der Waals surface area contributed by atoms with Gasteiger partial charge in [-0.2, -0.15) is 0 Å². The van der Waals surface area contributed by atoms with E-state index in [1.807, 2.05) is 13.8 Å². The summed E-state index contributed by atoms with van der Waals surface area (Å²) in [6.07, 6.45) is 1.44. The highest BCUT2D eigenvalue weighted by Gasteiger charge is 2.60. The van der Waals surface area contributed by atoms with Gasteiger partial charge in [0, 0.05) is 48.7 Å². The minimum atomic E-state index is -3.23. The molecule has 38 heavy (non-hydrogen) atoms. The topological polar surface area (TPSA) is 167 Å². The molecule has 0 saturated carbocycles. The Labute approximate surface area is 227 Å². The molecule has 13 heteroatoms.